The fraction of sp³-hybridized carbons (Fsp3) is 0.0625. The van der Waals surface area contributed by atoms with E-state index in [9.17, 15) is 0 Å². The van der Waals surface area contributed by atoms with Crippen LogP contribution in [0.25, 0.3) is 0 Å². The van der Waals surface area contributed by atoms with Crippen molar-refractivity contribution in [2.45, 2.75) is 6.04 Å². The van der Waals surface area contributed by atoms with Gasteiger partial charge in [-0.3, -0.25) is 0 Å². The van der Waals surface area contributed by atoms with Gasteiger partial charge in [0.2, 0.25) is 0 Å². The minimum absolute atomic E-state index is 0.0857. The number of anilines is 1. The Labute approximate surface area is 130 Å². The lowest BCUT2D eigenvalue weighted by Crippen LogP contribution is -2.20. The third kappa shape index (κ3) is 1.85. The van der Waals surface area contributed by atoms with Gasteiger partial charge in [0, 0.05) is 11.1 Å². The molecule has 1 aromatic heterocycles. The molecule has 1 aliphatic heterocycles. The molecular formula is C16H12BrN3O. The van der Waals surface area contributed by atoms with Gasteiger partial charge in [-0.1, -0.05) is 36.4 Å². The molecule has 3 aromatic rings. The molecule has 0 amide bonds. The predicted molar refractivity (Wildman–Crippen MR) is 84.5 cm³/mol. The number of ether oxygens (including phenoxy) is 1. The first-order valence-corrected chi connectivity index (χ1v) is 7.39. The largest absolute Gasteiger partial charge is 0.457 e. The van der Waals surface area contributed by atoms with Crippen LogP contribution in [0.4, 0.5) is 5.82 Å². The lowest BCUT2D eigenvalue weighted by Gasteiger charge is -2.28. The summed E-state index contributed by atoms with van der Waals surface area (Å²) in [5.41, 5.74) is 8.27. The van der Waals surface area contributed by atoms with E-state index in [4.69, 9.17) is 10.5 Å². The van der Waals surface area contributed by atoms with Crippen molar-refractivity contribution in [3.63, 3.8) is 0 Å². The average molecular weight is 342 g/mol. The van der Waals surface area contributed by atoms with Gasteiger partial charge in [-0.05, 0) is 28.1 Å². The Morgan fingerprint density at radius 3 is 2.10 bits per heavy atom. The molecule has 0 saturated carbocycles. The highest BCUT2D eigenvalue weighted by Gasteiger charge is 2.30. The number of hydrogen-bond donors (Lipinski definition) is 1. The van der Waals surface area contributed by atoms with Crippen LogP contribution in [0.1, 0.15) is 17.2 Å². The molecule has 0 radical (unpaired) electrons. The SMILES string of the molecule is Nc1c(Br)cnn1C1c2ccccc2Oc2ccccc21. The van der Waals surface area contributed by atoms with Crippen molar-refractivity contribution in [2.24, 2.45) is 0 Å². The summed E-state index contributed by atoms with van der Waals surface area (Å²) in [4.78, 5) is 0. The zero-order chi connectivity index (χ0) is 14.4. The highest BCUT2D eigenvalue weighted by molar-refractivity contribution is 9.10. The smallest absolute Gasteiger partial charge is 0.137 e. The number of nitrogen functional groups attached to an aromatic ring is 1. The minimum atomic E-state index is -0.0857. The van der Waals surface area contributed by atoms with Gasteiger partial charge in [0.25, 0.3) is 0 Å². The number of fused-ring (bicyclic) bond motifs is 2. The molecule has 0 aliphatic carbocycles. The Kier molecular flexibility index (Phi) is 2.75. The van der Waals surface area contributed by atoms with Gasteiger partial charge >= 0.3 is 0 Å². The van der Waals surface area contributed by atoms with E-state index in [2.05, 4.69) is 21.0 Å². The summed E-state index contributed by atoms with van der Waals surface area (Å²) in [6.45, 7) is 0. The Balaban J connectivity index is 2.00. The van der Waals surface area contributed by atoms with E-state index >= 15 is 0 Å². The second kappa shape index (κ2) is 4.63. The van der Waals surface area contributed by atoms with Crippen molar-refractivity contribution in [3.8, 4) is 11.5 Å². The average Bonchev–Trinajstić information content (AvgIpc) is 2.84. The lowest BCUT2D eigenvalue weighted by atomic mass is 9.95. The highest BCUT2D eigenvalue weighted by Crippen LogP contribution is 2.45. The molecule has 4 rings (SSSR count). The lowest BCUT2D eigenvalue weighted by molar-refractivity contribution is 0.426. The van der Waals surface area contributed by atoms with E-state index in [0.29, 0.717) is 5.82 Å². The van der Waals surface area contributed by atoms with Crippen LogP contribution in [0.2, 0.25) is 0 Å². The van der Waals surface area contributed by atoms with Gasteiger partial charge in [-0.25, -0.2) is 4.68 Å². The summed E-state index contributed by atoms with van der Waals surface area (Å²) in [7, 11) is 0. The van der Waals surface area contributed by atoms with Crippen molar-refractivity contribution < 1.29 is 4.74 Å². The van der Waals surface area contributed by atoms with Crippen molar-refractivity contribution in [2.75, 3.05) is 5.73 Å². The number of hydrogen-bond acceptors (Lipinski definition) is 3. The van der Waals surface area contributed by atoms with Gasteiger partial charge in [0.15, 0.2) is 0 Å². The summed E-state index contributed by atoms with van der Waals surface area (Å²) >= 11 is 3.42. The molecule has 0 bridgehead atoms. The van der Waals surface area contributed by atoms with Crippen LogP contribution in [-0.2, 0) is 0 Å². The number of rotatable bonds is 1. The molecule has 2 aromatic carbocycles. The Bertz CT molecular complexity index is 782. The molecule has 0 spiro atoms. The first kappa shape index (κ1) is 12.5. The van der Waals surface area contributed by atoms with Crippen molar-refractivity contribution >= 4 is 21.7 Å². The molecule has 104 valence electrons. The maximum absolute atomic E-state index is 6.16. The van der Waals surface area contributed by atoms with Crippen LogP contribution >= 0.6 is 15.9 Å². The maximum Gasteiger partial charge on any atom is 0.137 e. The Hall–Kier alpha value is -2.27. The molecule has 2 N–H and O–H groups in total. The monoisotopic (exact) mass is 341 g/mol. The Morgan fingerprint density at radius 1 is 1.00 bits per heavy atom. The first-order chi connectivity index (χ1) is 10.3. The summed E-state index contributed by atoms with van der Waals surface area (Å²) < 4.78 is 8.60. The highest BCUT2D eigenvalue weighted by atomic mass is 79.9. The Morgan fingerprint density at radius 2 is 1.57 bits per heavy atom. The molecular weight excluding hydrogens is 330 g/mol. The maximum atomic E-state index is 6.16. The summed E-state index contributed by atoms with van der Waals surface area (Å²) in [6, 6.07) is 15.9. The minimum Gasteiger partial charge on any atom is -0.457 e. The molecule has 0 fully saturated rings. The zero-order valence-corrected chi connectivity index (χ0v) is 12.6. The van der Waals surface area contributed by atoms with Crippen LogP contribution in [0.15, 0.2) is 59.2 Å². The van der Waals surface area contributed by atoms with E-state index in [1.807, 2.05) is 53.2 Å². The molecule has 0 saturated heterocycles. The van der Waals surface area contributed by atoms with Gasteiger partial charge in [-0.2, -0.15) is 5.10 Å². The van der Waals surface area contributed by atoms with Crippen molar-refractivity contribution in [1.29, 1.82) is 0 Å². The van der Waals surface area contributed by atoms with Crippen LogP contribution < -0.4 is 10.5 Å². The number of para-hydroxylation sites is 2. The van der Waals surface area contributed by atoms with Gasteiger partial charge in [0.05, 0.1) is 10.7 Å². The van der Waals surface area contributed by atoms with E-state index in [-0.39, 0.29) is 6.04 Å². The number of nitrogens with zero attached hydrogens (tertiary/aromatic N) is 2. The second-order valence-corrected chi connectivity index (χ2v) is 5.76. The van der Waals surface area contributed by atoms with Crippen LogP contribution in [-0.4, -0.2) is 9.78 Å². The number of nitrogens with two attached hydrogens (primary N) is 1. The fourth-order valence-corrected chi connectivity index (χ4v) is 2.98. The molecule has 2 heterocycles. The van der Waals surface area contributed by atoms with Crippen LogP contribution in [0.5, 0.6) is 11.5 Å². The van der Waals surface area contributed by atoms with Crippen molar-refractivity contribution in [1.82, 2.24) is 9.78 Å². The van der Waals surface area contributed by atoms with Crippen LogP contribution in [0.3, 0.4) is 0 Å². The fourth-order valence-electron chi connectivity index (χ4n) is 2.70. The summed E-state index contributed by atoms with van der Waals surface area (Å²) in [6.07, 6.45) is 1.72. The molecule has 0 unspecified atom stereocenters. The number of halogens is 1. The standard InChI is InChI=1S/C16H12BrN3O/c17-12-9-19-20(16(12)18)15-10-5-1-3-7-13(10)21-14-8-4-2-6-11(14)15/h1-9,15H,18H2. The molecule has 0 atom stereocenters. The van der Waals surface area contributed by atoms with Crippen molar-refractivity contribution in [3.05, 3.63) is 70.3 Å². The van der Waals surface area contributed by atoms with E-state index in [1.54, 1.807) is 6.20 Å². The quantitative estimate of drug-likeness (QED) is 0.569. The third-order valence-electron chi connectivity index (χ3n) is 3.68. The molecule has 21 heavy (non-hydrogen) atoms. The van der Waals surface area contributed by atoms with Gasteiger partial charge in [-0.15, -0.1) is 0 Å². The van der Waals surface area contributed by atoms with Gasteiger partial charge < -0.3 is 10.5 Å². The van der Waals surface area contributed by atoms with Gasteiger partial charge in [0.1, 0.15) is 23.4 Å². The third-order valence-corrected chi connectivity index (χ3v) is 4.29. The molecule has 1 aliphatic rings. The van der Waals surface area contributed by atoms with E-state index in [1.165, 1.54) is 0 Å². The first-order valence-electron chi connectivity index (χ1n) is 6.60. The van der Waals surface area contributed by atoms with E-state index in [0.717, 1.165) is 27.1 Å². The predicted octanol–water partition coefficient (Wildman–Crippen LogP) is 3.97. The second-order valence-electron chi connectivity index (χ2n) is 4.90. The molecule has 4 nitrogen and oxygen atoms in total. The van der Waals surface area contributed by atoms with E-state index < -0.39 is 0 Å². The normalized spacial score (nSPS) is 13.4. The number of benzene rings is 2. The topological polar surface area (TPSA) is 53.1 Å². The zero-order valence-electron chi connectivity index (χ0n) is 11.0. The summed E-state index contributed by atoms with van der Waals surface area (Å²) in [5.74, 6) is 2.28. The summed E-state index contributed by atoms with van der Waals surface area (Å²) in [5, 5.41) is 4.43. The molecule has 5 heteroatoms. The van der Waals surface area contributed by atoms with Crippen LogP contribution in [0, 0.1) is 0 Å². The number of aromatic nitrogens is 2.